The number of esters is 4. The second-order valence-electron chi connectivity index (χ2n) is 27.8. The highest BCUT2D eigenvalue weighted by atomic mass is 31.2. The van der Waals surface area contributed by atoms with Gasteiger partial charge in [0.1, 0.15) is 19.3 Å². The quantitative estimate of drug-likeness (QED) is 0.0222. The summed E-state index contributed by atoms with van der Waals surface area (Å²) in [5, 5.41) is 10.6. The van der Waals surface area contributed by atoms with E-state index in [9.17, 15) is 43.2 Å². The zero-order valence-electron chi connectivity index (χ0n) is 60.0. The van der Waals surface area contributed by atoms with Crippen LogP contribution < -0.4 is 0 Å². The third kappa shape index (κ3) is 66.7. The van der Waals surface area contributed by atoms with E-state index in [1.807, 2.05) is 0 Å². The molecule has 0 spiro atoms. The van der Waals surface area contributed by atoms with E-state index in [-0.39, 0.29) is 25.7 Å². The summed E-state index contributed by atoms with van der Waals surface area (Å²) >= 11 is 0. The summed E-state index contributed by atoms with van der Waals surface area (Å²) in [5.74, 6) is 0.210. The van der Waals surface area contributed by atoms with E-state index in [0.29, 0.717) is 25.7 Å². The van der Waals surface area contributed by atoms with E-state index < -0.39 is 97.5 Å². The molecule has 0 bridgehead atoms. The maximum absolute atomic E-state index is 13.0. The average molecular weight is 1350 g/mol. The van der Waals surface area contributed by atoms with Gasteiger partial charge in [-0.1, -0.05) is 318 Å². The number of hydrogen-bond acceptors (Lipinski definition) is 15. The Morgan fingerprint density at radius 2 is 0.500 bits per heavy atom. The van der Waals surface area contributed by atoms with Gasteiger partial charge in [0.05, 0.1) is 26.4 Å². The van der Waals surface area contributed by atoms with Crippen LogP contribution in [0, 0.1) is 17.8 Å². The van der Waals surface area contributed by atoms with E-state index >= 15 is 0 Å². The van der Waals surface area contributed by atoms with Crippen molar-refractivity contribution in [2.75, 3.05) is 39.6 Å². The second-order valence-corrected chi connectivity index (χ2v) is 30.7. The molecule has 0 amide bonds. The second kappa shape index (κ2) is 63.8. The van der Waals surface area contributed by atoms with Crippen LogP contribution in [0.15, 0.2) is 0 Å². The molecule has 0 rings (SSSR count). The molecule has 0 fully saturated rings. The van der Waals surface area contributed by atoms with Crippen LogP contribution in [0.2, 0.25) is 0 Å². The molecule has 0 aliphatic carbocycles. The molecule has 0 aliphatic rings. The topological polar surface area (TPSA) is 237 Å². The standard InChI is InChI=1S/C73H142O17P2/c1-8-9-10-11-30-40-47-54-70(75)83-60-68(89-72(77)56-49-42-35-28-22-16-13-19-25-32-38-45-52-65(4)5)62-87-91(79,80)85-58-67(74)59-86-92(81,82)88-63-69(90-73(78)57-50-43-36-29-23-17-14-20-26-33-39-46-53-66(6)7)61-84-71(76)55-48-41-34-27-21-15-12-18-24-31-37-44-51-64(2)3/h64-69,74H,8-63H2,1-7H3,(H,79,80)(H,81,82)/t67-,68+,69+/m0/s1. The predicted molar refractivity (Wildman–Crippen MR) is 372 cm³/mol. The zero-order valence-corrected chi connectivity index (χ0v) is 61.8. The van der Waals surface area contributed by atoms with Gasteiger partial charge in [-0.05, 0) is 43.4 Å². The lowest BCUT2D eigenvalue weighted by atomic mass is 10.0. The van der Waals surface area contributed by atoms with Gasteiger partial charge < -0.3 is 33.8 Å². The van der Waals surface area contributed by atoms with Gasteiger partial charge in [0.2, 0.25) is 0 Å². The molecule has 0 aromatic rings. The molecule has 0 saturated heterocycles. The van der Waals surface area contributed by atoms with E-state index in [1.165, 1.54) is 167 Å². The third-order valence-corrected chi connectivity index (χ3v) is 18.8. The van der Waals surface area contributed by atoms with Crippen molar-refractivity contribution < 1.29 is 80.2 Å². The van der Waals surface area contributed by atoms with E-state index in [1.54, 1.807) is 0 Å². The van der Waals surface area contributed by atoms with Crippen molar-refractivity contribution in [3.8, 4) is 0 Å². The molecular formula is C73H142O17P2. The Hall–Kier alpha value is -1.94. The number of aliphatic hydroxyl groups excluding tert-OH is 1. The fourth-order valence-electron chi connectivity index (χ4n) is 11.1. The maximum atomic E-state index is 13.0. The molecule has 0 saturated carbocycles. The SMILES string of the molecule is CCCCCCCCCC(=O)OC[C@H](COP(=O)(O)OC[C@H](O)COP(=O)(O)OC[C@@H](COC(=O)CCCCCCCCCCCCCCC(C)C)OC(=O)CCCCCCCCCCCCCCC(C)C)OC(=O)CCCCCCCCCCCCCCC(C)C. The van der Waals surface area contributed by atoms with Crippen LogP contribution in [0.5, 0.6) is 0 Å². The molecule has 0 aromatic heterocycles. The Morgan fingerprint density at radius 3 is 0.739 bits per heavy atom. The fraction of sp³-hybridized carbons (Fsp3) is 0.945. The zero-order chi connectivity index (χ0) is 68.0. The van der Waals surface area contributed by atoms with Gasteiger partial charge in [0, 0.05) is 25.7 Å². The molecule has 92 heavy (non-hydrogen) atoms. The van der Waals surface area contributed by atoms with Crippen LogP contribution in [0.1, 0.15) is 370 Å². The van der Waals surface area contributed by atoms with Gasteiger partial charge in [0.15, 0.2) is 12.2 Å². The Kier molecular flexibility index (Phi) is 62.4. The van der Waals surface area contributed by atoms with Gasteiger partial charge in [-0.25, -0.2) is 9.13 Å². The number of aliphatic hydroxyl groups is 1. The monoisotopic (exact) mass is 1350 g/mol. The number of phosphoric acid groups is 2. The summed E-state index contributed by atoms with van der Waals surface area (Å²) in [6.07, 6.45) is 48.6. The first-order valence-corrected chi connectivity index (χ1v) is 40.8. The summed E-state index contributed by atoms with van der Waals surface area (Å²) in [7, 11) is -9.90. The lowest BCUT2D eigenvalue weighted by Gasteiger charge is -2.21. The molecule has 0 heterocycles. The number of ether oxygens (including phenoxy) is 4. The number of phosphoric ester groups is 2. The average Bonchev–Trinajstić information content (AvgIpc) is 3.50. The lowest BCUT2D eigenvalue weighted by molar-refractivity contribution is -0.161. The van der Waals surface area contributed by atoms with Gasteiger partial charge >= 0.3 is 39.5 Å². The normalized spacial score (nSPS) is 14.1. The van der Waals surface area contributed by atoms with Crippen LogP contribution in [0.3, 0.4) is 0 Å². The summed E-state index contributed by atoms with van der Waals surface area (Å²) in [5.41, 5.74) is 0. The van der Waals surface area contributed by atoms with E-state index in [2.05, 4.69) is 48.5 Å². The Morgan fingerprint density at radius 1 is 0.293 bits per heavy atom. The Bertz CT molecular complexity index is 1800. The molecule has 546 valence electrons. The van der Waals surface area contributed by atoms with E-state index in [0.717, 1.165) is 120 Å². The minimum absolute atomic E-state index is 0.106. The Labute approximate surface area is 562 Å². The highest BCUT2D eigenvalue weighted by Gasteiger charge is 2.30. The van der Waals surface area contributed by atoms with Crippen molar-refractivity contribution in [1.29, 1.82) is 0 Å². The van der Waals surface area contributed by atoms with Crippen LogP contribution in [-0.4, -0.2) is 96.7 Å². The largest absolute Gasteiger partial charge is 0.472 e. The summed E-state index contributed by atoms with van der Waals surface area (Å²) in [6, 6.07) is 0. The fourth-order valence-corrected chi connectivity index (χ4v) is 12.7. The first-order chi connectivity index (χ1) is 44.2. The molecule has 0 aromatic carbocycles. The van der Waals surface area contributed by atoms with Crippen molar-refractivity contribution in [1.82, 2.24) is 0 Å². The molecule has 0 radical (unpaired) electrons. The number of unbranched alkanes of at least 4 members (excludes halogenated alkanes) is 39. The third-order valence-electron chi connectivity index (χ3n) is 16.9. The Balaban J connectivity index is 5.21. The van der Waals surface area contributed by atoms with Crippen molar-refractivity contribution >= 4 is 39.5 Å². The minimum Gasteiger partial charge on any atom is -0.462 e. The summed E-state index contributed by atoms with van der Waals surface area (Å²) in [6.45, 7) is 11.9. The maximum Gasteiger partial charge on any atom is 0.472 e. The lowest BCUT2D eigenvalue weighted by Crippen LogP contribution is -2.30. The molecular weight excluding hydrogens is 1210 g/mol. The highest BCUT2D eigenvalue weighted by molar-refractivity contribution is 7.47. The molecule has 0 aliphatic heterocycles. The van der Waals surface area contributed by atoms with Gasteiger partial charge in [-0.2, -0.15) is 0 Å². The molecule has 5 atom stereocenters. The minimum atomic E-state index is -4.95. The van der Waals surface area contributed by atoms with Crippen molar-refractivity contribution in [3.63, 3.8) is 0 Å². The highest BCUT2D eigenvalue weighted by Crippen LogP contribution is 2.45. The van der Waals surface area contributed by atoms with Crippen molar-refractivity contribution in [3.05, 3.63) is 0 Å². The molecule has 2 unspecified atom stereocenters. The van der Waals surface area contributed by atoms with Gasteiger partial charge in [-0.15, -0.1) is 0 Å². The van der Waals surface area contributed by atoms with Crippen LogP contribution >= 0.6 is 15.6 Å². The van der Waals surface area contributed by atoms with Crippen molar-refractivity contribution in [2.24, 2.45) is 17.8 Å². The number of carbonyl (C=O) groups is 4. The first kappa shape index (κ1) is 90.1. The van der Waals surface area contributed by atoms with Crippen LogP contribution in [0.25, 0.3) is 0 Å². The smallest absolute Gasteiger partial charge is 0.462 e. The molecule has 19 heteroatoms. The van der Waals surface area contributed by atoms with Crippen LogP contribution in [0.4, 0.5) is 0 Å². The number of rotatable bonds is 71. The molecule has 17 nitrogen and oxygen atoms in total. The summed E-state index contributed by atoms with van der Waals surface area (Å²) < 4.78 is 68.3. The van der Waals surface area contributed by atoms with Crippen LogP contribution in [-0.2, 0) is 65.4 Å². The number of carbonyl (C=O) groups excluding carboxylic acids is 4. The van der Waals surface area contributed by atoms with Crippen molar-refractivity contribution in [2.45, 2.75) is 388 Å². The summed E-state index contributed by atoms with van der Waals surface area (Å²) in [4.78, 5) is 72.6. The van der Waals surface area contributed by atoms with E-state index in [4.69, 9.17) is 37.0 Å². The van der Waals surface area contributed by atoms with Gasteiger partial charge in [-0.3, -0.25) is 37.3 Å². The predicted octanol–water partition coefficient (Wildman–Crippen LogP) is 21.0. The number of hydrogen-bond donors (Lipinski definition) is 3. The molecule has 3 N–H and O–H groups in total. The first-order valence-electron chi connectivity index (χ1n) is 37.8. The van der Waals surface area contributed by atoms with Gasteiger partial charge in [0.25, 0.3) is 0 Å².